The molecule has 0 unspecified atom stereocenters. The van der Waals surface area contributed by atoms with E-state index in [4.69, 9.17) is 24.2 Å². The van der Waals surface area contributed by atoms with Crippen molar-refractivity contribution >= 4 is 11.6 Å². The van der Waals surface area contributed by atoms with Gasteiger partial charge < -0.3 is 34.2 Å². The van der Waals surface area contributed by atoms with Crippen LogP contribution >= 0.6 is 0 Å². The summed E-state index contributed by atoms with van der Waals surface area (Å²) in [6, 6.07) is 34.1. The SMILES string of the molecule is C=CCO[C@@]12Oc3ccc(Oc4ccc(-c5ccccc5)cc4)cc3[C@H]3[C@H](CCCCO)[C@@H](CCCCO)C=C(C(=NOCc4ccccc4)C[C@@H]1N(C)C(=O)CCCCCCCCCCC)[C@H]32. The van der Waals surface area contributed by atoms with Gasteiger partial charge in [-0.3, -0.25) is 4.79 Å². The number of rotatable bonds is 28. The molecule has 0 spiro atoms. The maximum atomic E-state index is 14.5. The highest BCUT2D eigenvalue weighted by atomic mass is 16.7. The highest BCUT2D eigenvalue weighted by Gasteiger charge is 2.65. The standard InChI is InChI=1S/C59H76N2O7/c1-4-6-7-8-9-10-11-12-19-30-56(64)61(3)55-42-53(60-66-43-44-24-15-13-16-25-44)51-40-47(28-20-22-37-62)50(29-21-23-38-63)57-52-41-49(35-36-54(52)68-59(55,58(51)57)65-39-5-2)67-48-33-31-46(32-34-48)45-26-17-14-18-27-45/h5,13-18,24-27,31-36,40-41,47,50,55,57-58,62-63H,2,4,6-12,19-23,28-30,37-39,42-43H2,1,3H3/t47-,50+,55-,57+,58+,59+/m0/s1. The fraction of sp³-hybridized carbons (Fsp3) is 0.492. The van der Waals surface area contributed by atoms with Gasteiger partial charge in [0.05, 0.1) is 18.2 Å². The smallest absolute Gasteiger partial charge is 0.239 e. The molecule has 4 aromatic rings. The Morgan fingerprint density at radius 1 is 0.794 bits per heavy atom. The largest absolute Gasteiger partial charge is 0.459 e. The third-order valence-electron chi connectivity index (χ3n) is 14.4. The third-order valence-corrected chi connectivity index (χ3v) is 14.4. The normalized spacial score (nSPS) is 22.1. The quantitative estimate of drug-likeness (QED) is 0.0332. The second-order valence-electron chi connectivity index (χ2n) is 19.1. The summed E-state index contributed by atoms with van der Waals surface area (Å²) in [5.74, 6) is 0.593. The van der Waals surface area contributed by atoms with Crippen LogP contribution < -0.4 is 9.47 Å². The van der Waals surface area contributed by atoms with Gasteiger partial charge in [-0.1, -0.05) is 161 Å². The van der Waals surface area contributed by atoms with Crippen LogP contribution in [0.2, 0.25) is 0 Å². The number of nitrogens with zero attached hydrogens (tertiary/aromatic N) is 2. The zero-order valence-corrected chi connectivity index (χ0v) is 40.7. The van der Waals surface area contributed by atoms with Crippen LogP contribution in [0.1, 0.15) is 133 Å². The van der Waals surface area contributed by atoms with E-state index in [1.807, 2.05) is 84.7 Å². The molecule has 0 radical (unpaired) electrons. The van der Waals surface area contributed by atoms with Crippen molar-refractivity contribution < 1.29 is 34.1 Å². The van der Waals surface area contributed by atoms with Crippen LogP contribution in [0.15, 0.2) is 133 Å². The lowest BCUT2D eigenvalue weighted by Crippen LogP contribution is -2.69. The maximum absolute atomic E-state index is 14.5. The molecule has 0 saturated heterocycles. The molecule has 2 N–H and O–H groups in total. The van der Waals surface area contributed by atoms with Gasteiger partial charge in [0.15, 0.2) is 0 Å². The molecule has 1 fully saturated rings. The van der Waals surface area contributed by atoms with Gasteiger partial charge in [-0.15, -0.1) is 6.58 Å². The van der Waals surface area contributed by atoms with Crippen molar-refractivity contribution in [2.45, 2.75) is 140 Å². The van der Waals surface area contributed by atoms with Crippen LogP contribution in [0.4, 0.5) is 0 Å². The van der Waals surface area contributed by atoms with E-state index in [1.54, 1.807) is 6.08 Å². The van der Waals surface area contributed by atoms with Gasteiger partial charge in [-0.25, -0.2) is 0 Å². The number of benzene rings is 4. The van der Waals surface area contributed by atoms with Crippen molar-refractivity contribution in [1.29, 1.82) is 0 Å². The molecule has 1 amide bonds. The highest BCUT2D eigenvalue weighted by Crippen LogP contribution is 2.62. The summed E-state index contributed by atoms with van der Waals surface area (Å²) in [5.41, 5.74) is 6.10. The maximum Gasteiger partial charge on any atom is 0.239 e. The second kappa shape index (κ2) is 26.0. The van der Waals surface area contributed by atoms with E-state index in [2.05, 4.69) is 49.9 Å². The number of fused-ring (bicyclic) bond motifs is 2. The number of hydrogen-bond acceptors (Lipinski definition) is 8. The fourth-order valence-electron chi connectivity index (χ4n) is 11.0. The highest BCUT2D eigenvalue weighted by molar-refractivity contribution is 6.03. The molecule has 4 aromatic carbocycles. The molecule has 2 aliphatic carbocycles. The summed E-state index contributed by atoms with van der Waals surface area (Å²) in [6.45, 7) is 7.10. The Labute approximate surface area is 406 Å². The summed E-state index contributed by atoms with van der Waals surface area (Å²) >= 11 is 0. The number of carbonyl (C=O) groups excluding carboxylic acids is 1. The summed E-state index contributed by atoms with van der Waals surface area (Å²) in [4.78, 5) is 22.7. The van der Waals surface area contributed by atoms with Crippen LogP contribution in [-0.4, -0.2) is 65.4 Å². The van der Waals surface area contributed by atoms with Crippen molar-refractivity contribution in [3.63, 3.8) is 0 Å². The van der Waals surface area contributed by atoms with Gasteiger partial charge in [0.2, 0.25) is 11.7 Å². The molecule has 3 aliphatic rings. The van der Waals surface area contributed by atoms with Gasteiger partial charge in [0.25, 0.3) is 0 Å². The van der Waals surface area contributed by atoms with Crippen molar-refractivity contribution in [2.24, 2.45) is 22.9 Å². The number of allylic oxidation sites excluding steroid dienone is 1. The fourth-order valence-corrected chi connectivity index (χ4v) is 11.0. The molecule has 9 heteroatoms. The Kier molecular flexibility index (Phi) is 19.3. The number of carbonyl (C=O) groups is 1. The number of unbranched alkanes of at least 4 members (excludes halogenated alkanes) is 10. The Morgan fingerprint density at radius 3 is 2.13 bits per heavy atom. The lowest BCUT2D eigenvalue weighted by Gasteiger charge is -2.59. The van der Waals surface area contributed by atoms with E-state index in [-0.39, 0.29) is 49.4 Å². The van der Waals surface area contributed by atoms with Crippen molar-refractivity contribution in [3.8, 4) is 28.4 Å². The van der Waals surface area contributed by atoms with Gasteiger partial charge in [0, 0.05) is 44.6 Å². The van der Waals surface area contributed by atoms with Crippen LogP contribution in [-0.2, 0) is 21.0 Å². The number of oxime groups is 1. The zero-order valence-electron chi connectivity index (χ0n) is 40.7. The lowest BCUT2D eigenvalue weighted by atomic mass is 9.55. The van der Waals surface area contributed by atoms with Gasteiger partial charge in [-0.2, -0.15) is 0 Å². The molecule has 0 bridgehead atoms. The minimum atomic E-state index is -1.29. The zero-order chi connectivity index (χ0) is 47.6. The Hall–Kier alpha value is -5.22. The van der Waals surface area contributed by atoms with Crippen LogP contribution in [0.5, 0.6) is 17.2 Å². The minimum Gasteiger partial charge on any atom is -0.459 e. The Bertz CT molecular complexity index is 2230. The number of ether oxygens (including phenoxy) is 3. The molecular weight excluding hydrogens is 849 g/mol. The average Bonchev–Trinajstić information content (AvgIpc) is 3.37. The predicted octanol–water partition coefficient (Wildman–Crippen LogP) is 13.4. The topological polar surface area (TPSA) is 110 Å². The summed E-state index contributed by atoms with van der Waals surface area (Å²) < 4.78 is 21.2. The molecule has 68 heavy (non-hydrogen) atoms. The van der Waals surface area contributed by atoms with Gasteiger partial charge >= 0.3 is 0 Å². The molecule has 1 aliphatic heterocycles. The molecule has 1 saturated carbocycles. The van der Waals surface area contributed by atoms with Crippen molar-refractivity contribution in [3.05, 3.63) is 139 Å². The number of hydrogen-bond donors (Lipinski definition) is 2. The van der Waals surface area contributed by atoms with Crippen LogP contribution in [0.25, 0.3) is 11.1 Å². The molecular formula is C59H76N2O7. The van der Waals surface area contributed by atoms with E-state index in [0.29, 0.717) is 43.8 Å². The minimum absolute atomic E-state index is 0.0571. The Morgan fingerprint density at radius 2 is 1.44 bits per heavy atom. The van der Waals surface area contributed by atoms with E-state index in [0.717, 1.165) is 84.2 Å². The number of aliphatic hydroxyl groups excluding tert-OH is 2. The average molecular weight is 925 g/mol. The molecule has 1 heterocycles. The molecule has 9 nitrogen and oxygen atoms in total. The number of likely N-dealkylation sites (N-methyl/N-ethyl adjacent to an activating group) is 1. The first-order valence-electron chi connectivity index (χ1n) is 25.7. The van der Waals surface area contributed by atoms with Crippen LogP contribution in [0, 0.1) is 17.8 Å². The summed E-state index contributed by atoms with van der Waals surface area (Å²) in [5, 5.41) is 25.0. The van der Waals surface area contributed by atoms with Gasteiger partial charge in [0.1, 0.15) is 29.9 Å². The van der Waals surface area contributed by atoms with E-state index < -0.39 is 11.8 Å². The summed E-state index contributed by atoms with van der Waals surface area (Å²) in [6.07, 6.45) is 20.4. The third kappa shape index (κ3) is 12.7. The van der Waals surface area contributed by atoms with Crippen molar-refractivity contribution in [2.75, 3.05) is 26.9 Å². The monoisotopic (exact) mass is 925 g/mol. The molecule has 6 atom stereocenters. The van der Waals surface area contributed by atoms with E-state index in [9.17, 15) is 15.0 Å². The second-order valence-corrected chi connectivity index (χ2v) is 19.1. The predicted molar refractivity (Wildman–Crippen MR) is 273 cm³/mol. The van der Waals surface area contributed by atoms with Crippen molar-refractivity contribution in [1.82, 2.24) is 4.90 Å². The summed E-state index contributed by atoms with van der Waals surface area (Å²) in [7, 11) is 1.91. The number of amides is 1. The molecule has 7 rings (SSSR count). The van der Waals surface area contributed by atoms with E-state index >= 15 is 0 Å². The molecule has 364 valence electrons. The van der Waals surface area contributed by atoms with Gasteiger partial charge in [-0.05, 0) is 96.5 Å². The first-order valence-corrected chi connectivity index (χ1v) is 25.7. The number of aliphatic hydroxyl groups is 2. The Balaban J connectivity index is 1.29. The lowest BCUT2D eigenvalue weighted by molar-refractivity contribution is -0.255. The molecule has 0 aromatic heterocycles. The van der Waals surface area contributed by atoms with Crippen LogP contribution in [0.3, 0.4) is 0 Å². The first-order chi connectivity index (χ1) is 33.4. The van der Waals surface area contributed by atoms with E-state index in [1.165, 1.54) is 38.5 Å². The first kappa shape index (κ1) is 50.7.